The van der Waals surface area contributed by atoms with Crippen LogP contribution in [0.5, 0.6) is 0 Å². The molecule has 1 saturated carbocycles. The normalized spacial score (nSPS) is 26.7. The highest BCUT2D eigenvalue weighted by molar-refractivity contribution is 6.00. The number of nitrogens with zero attached hydrogens (tertiary/aromatic N) is 2. The summed E-state index contributed by atoms with van der Waals surface area (Å²) in [5.41, 5.74) is 0.889. The van der Waals surface area contributed by atoms with E-state index in [-0.39, 0.29) is 23.7 Å². The summed E-state index contributed by atoms with van der Waals surface area (Å²) < 4.78 is 0. The van der Waals surface area contributed by atoms with Gasteiger partial charge in [0.05, 0.1) is 11.8 Å². The van der Waals surface area contributed by atoms with E-state index in [4.69, 9.17) is 0 Å². The molecule has 0 aromatic heterocycles. The maximum Gasteiger partial charge on any atom is 0.230 e. The molecule has 2 amide bonds. The van der Waals surface area contributed by atoms with Crippen LogP contribution >= 0.6 is 0 Å². The van der Waals surface area contributed by atoms with E-state index < -0.39 is 0 Å². The number of hydrogen-bond acceptors (Lipinski definition) is 2. The van der Waals surface area contributed by atoms with E-state index in [2.05, 4.69) is 6.92 Å². The standard InChI is InChI=1S/C19H26N2O2/c1-3-14-9-7-8-12-21(14)19(23)17-13-16(17)18(22)20(2)15-10-5-4-6-11-15/h4-6,10-11,14,16-17H,3,7-9,12-13H2,1-2H3. The molecule has 0 radical (unpaired) electrons. The van der Waals surface area contributed by atoms with Crippen LogP contribution in [0.25, 0.3) is 0 Å². The van der Waals surface area contributed by atoms with Gasteiger partial charge in [0.1, 0.15) is 0 Å². The first-order valence-electron chi connectivity index (χ1n) is 8.76. The largest absolute Gasteiger partial charge is 0.339 e. The Bertz CT molecular complexity index is 572. The summed E-state index contributed by atoms with van der Waals surface area (Å²) in [6.07, 6.45) is 5.14. The Kier molecular flexibility index (Phi) is 4.69. The van der Waals surface area contributed by atoms with E-state index in [0.717, 1.165) is 31.5 Å². The SMILES string of the molecule is CCC1CCCCN1C(=O)C1CC1C(=O)N(C)c1ccccc1. The van der Waals surface area contributed by atoms with Crippen LogP contribution in [0.1, 0.15) is 39.0 Å². The van der Waals surface area contributed by atoms with Crippen LogP contribution < -0.4 is 4.90 Å². The molecule has 3 rings (SSSR count). The Hall–Kier alpha value is -1.84. The number of benzene rings is 1. The van der Waals surface area contributed by atoms with Crippen LogP contribution in [-0.4, -0.2) is 36.3 Å². The zero-order chi connectivity index (χ0) is 16.4. The summed E-state index contributed by atoms with van der Waals surface area (Å²) in [7, 11) is 1.80. The number of rotatable bonds is 4. The summed E-state index contributed by atoms with van der Waals surface area (Å²) >= 11 is 0. The van der Waals surface area contributed by atoms with Gasteiger partial charge >= 0.3 is 0 Å². The number of para-hydroxylation sites is 1. The molecule has 3 atom stereocenters. The van der Waals surface area contributed by atoms with E-state index in [1.165, 1.54) is 6.42 Å². The topological polar surface area (TPSA) is 40.6 Å². The first-order chi connectivity index (χ1) is 11.1. The van der Waals surface area contributed by atoms with Gasteiger partial charge in [-0.2, -0.15) is 0 Å². The van der Waals surface area contributed by atoms with Crippen LogP contribution in [0.3, 0.4) is 0 Å². The molecule has 1 aromatic rings. The van der Waals surface area contributed by atoms with Crippen molar-refractivity contribution in [1.29, 1.82) is 0 Å². The zero-order valence-electron chi connectivity index (χ0n) is 14.1. The molecule has 1 saturated heterocycles. The monoisotopic (exact) mass is 314 g/mol. The fraction of sp³-hybridized carbons (Fsp3) is 0.579. The van der Waals surface area contributed by atoms with Crippen molar-refractivity contribution in [2.75, 3.05) is 18.5 Å². The first-order valence-corrected chi connectivity index (χ1v) is 8.76. The van der Waals surface area contributed by atoms with Crippen LogP contribution in [0.4, 0.5) is 5.69 Å². The van der Waals surface area contributed by atoms with Gasteiger partial charge in [-0.3, -0.25) is 9.59 Å². The van der Waals surface area contributed by atoms with Gasteiger partial charge in [-0.15, -0.1) is 0 Å². The average molecular weight is 314 g/mol. The lowest BCUT2D eigenvalue weighted by molar-refractivity contribution is -0.137. The van der Waals surface area contributed by atoms with Crippen LogP contribution in [-0.2, 0) is 9.59 Å². The van der Waals surface area contributed by atoms with Crippen molar-refractivity contribution >= 4 is 17.5 Å². The summed E-state index contributed by atoms with van der Waals surface area (Å²) in [6, 6.07) is 10.0. The lowest BCUT2D eigenvalue weighted by Gasteiger charge is -2.35. The molecule has 1 aliphatic carbocycles. The molecule has 0 N–H and O–H groups in total. The second-order valence-corrected chi connectivity index (χ2v) is 6.77. The summed E-state index contributed by atoms with van der Waals surface area (Å²) in [4.78, 5) is 29.1. The molecule has 1 aromatic carbocycles. The number of carbonyl (C=O) groups is 2. The predicted molar refractivity (Wildman–Crippen MR) is 91.1 cm³/mol. The van der Waals surface area contributed by atoms with E-state index in [9.17, 15) is 9.59 Å². The fourth-order valence-corrected chi connectivity index (χ4v) is 3.70. The van der Waals surface area contributed by atoms with Gasteiger partial charge in [0, 0.05) is 25.3 Å². The number of anilines is 1. The predicted octanol–water partition coefficient (Wildman–Crippen LogP) is 3.08. The molecule has 2 fully saturated rings. The number of likely N-dealkylation sites (tertiary alicyclic amines) is 1. The third kappa shape index (κ3) is 3.26. The van der Waals surface area contributed by atoms with Crippen molar-refractivity contribution in [2.45, 2.75) is 45.1 Å². The average Bonchev–Trinajstić information content (AvgIpc) is 3.41. The molecule has 0 spiro atoms. The molecule has 4 nitrogen and oxygen atoms in total. The number of amides is 2. The second-order valence-electron chi connectivity index (χ2n) is 6.77. The molecule has 0 bridgehead atoms. The molecule has 23 heavy (non-hydrogen) atoms. The van der Waals surface area contributed by atoms with E-state index in [1.54, 1.807) is 11.9 Å². The van der Waals surface area contributed by atoms with Gasteiger partial charge in [0.15, 0.2) is 0 Å². The highest BCUT2D eigenvalue weighted by Gasteiger charge is 2.51. The van der Waals surface area contributed by atoms with Gasteiger partial charge in [-0.25, -0.2) is 0 Å². The Morgan fingerprint density at radius 2 is 1.91 bits per heavy atom. The van der Waals surface area contributed by atoms with E-state index >= 15 is 0 Å². The Morgan fingerprint density at radius 3 is 2.61 bits per heavy atom. The molecule has 3 unspecified atom stereocenters. The maximum absolute atomic E-state index is 12.8. The Morgan fingerprint density at radius 1 is 1.17 bits per heavy atom. The minimum atomic E-state index is -0.132. The van der Waals surface area contributed by atoms with Crippen molar-refractivity contribution in [3.05, 3.63) is 30.3 Å². The van der Waals surface area contributed by atoms with Gasteiger partial charge < -0.3 is 9.80 Å². The summed E-state index contributed by atoms with van der Waals surface area (Å²) in [6.45, 7) is 3.01. The molecule has 4 heteroatoms. The van der Waals surface area contributed by atoms with Gasteiger partial charge in [-0.05, 0) is 44.2 Å². The van der Waals surface area contributed by atoms with Crippen molar-refractivity contribution in [3.63, 3.8) is 0 Å². The third-order valence-electron chi connectivity index (χ3n) is 5.28. The van der Waals surface area contributed by atoms with Crippen molar-refractivity contribution < 1.29 is 9.59 Å². The number of piperidine rings is 1. The zero-order valence-corrected chi connectivity index (χ0v) is 14.1. The quantitative estimate of drug-likeness (QED) is 0.857. The van der Waals surface area contributed by atoms with Crippen molar-refractivity contribution in [1.82, 2.24) is 4.90 Å². The molecule has 1 aliphatic heterocycles. The van der Waals surface area contributed by atoms with Gasteiger partial charge in [-0.1, -0.05) is 25.1 Å². The van der Waals surface area contributed by atoms with Gasteiger partial charge in [0.25, 0.3) is 0 Å². The van der Waals surface area contributed by atoms with E-state index in [0.29, 0.717) is 12.5 Å². The first kappa shape index (κ1) is 16.0. The maximum atomic E-state index is 12.8. The van der Waals surface area contributed by atoms with E-state index in [1.807, 2.05) is 35.2 Å². The molecular weight excluding hydrogens is 288 g/mol. The minimum Gasteiger partial charge on any atom is -0.339 e. The smallest absolute Gasteiger partial charge is 0.230 e. The fourth-order valence-electron chi connectivity index (χ4n) is 3.70. The highest BCUT2D eigenvalue weighted by atomic mass is 16.2. The highest BCUT2D eigenvalue weighted by Crippen LogP contribution is 2.43. The van der Waals surface area contributed by atoms with Crippen LogP contribution in [0.2, 0.25) is 0 Å². The number of carbonyl (C=O) groups excluding carboxylic acids is 2. The molecular formula is C19H26N2O2. The van der Waals surface area contributed by atoms with Crippen LogP contribution in [0, 0.1) is 11.8 Å². The van der Waals surface area contributed by atoms with Crippen LogP contribution in [0.15, 0.2) is 30.3 Å². The Balaban J connectivity index is 1.62. The Labute approximate surface area is 138 Å². The third-order valence-corrected chi connectivity index (χ3v) is 5.28. The summed E-state index contributed by atoms with van der Waals surface area (Å²) in [5, 5.41) is 0. The minimum absolute atomic E-state index is 0.0691. The van der Waals surface area contributed by atoms with Crippen molar-refractivity contribution in [2.24, 2.45) is 11.8 Å². The summed E-state index contributed by atoms with van der Waals surface area (Å²) in [5.74, 6) is 0.0453. The number of hydrogen-bond donors (Lipinski definition) is 0. The lowest BCUT2D eigenvalue weighted by atomic mass is 9.99. The lowest BCUT2D eigenvalue weighted by Crippen LogP contribution is -2.44. The van der Waals surface area contributed by atoms with Crippen molar-refractivity contribution in [3.8, 4) is 0 Å². The molecule has 124 valence electrons. The second kappa shape index (κ2) is 6.73. The molecule has 2 aliphatic rings. The molecule has 1 heterocycles. The van der Waals surface area contributed by atoms with Gasteiger partial charge in [0.2, 0.25) is 11.8 Å².